The predicted molar refractivity (Wildman–Crippen MR) is 53.0 cm³/mol. The Balaban J connectivity index is 3.10. The third-order valence-electron chi connectivity index (χ3n) is 1.75. The maximum Gasteiger partial charge on any atom is 0.340 e. The third-order valence-corrected chi connectivity index (χ3v) is 3.50. The lowest BCUT2D eigenvalue weighted by molar-refractivity contribution is 0.0602. The number of hydrogen-bond donors (Lipinski definition) is 0. The number of methoxy groups -OCH3 is 1. The molecule has 3 nitrogen and oxygen atoms in total. The molecule has 0 fully saturated rings. The molecule has 13 heavy (non-hydrogen) atoms. The van der Waals surface area contributed by atoms with Crippen molar-refractivity contribution in [3.8, 4) is 0 Å². The van der Waals surface area contributed by atoms with E-state index < -0.39 is 8.07 Å². The summed E-state index contributed by atoms with van der Waals surface area (Å²) in [5.74, 6) is -0.314. The first-order valence-corrected chi connectivity index (χ1v) is 7.63. The molecule has 1 aromatic heterocycles. The van der Waals surface area contributed by atoms with Gasteiger partial charge in [-0.3, -0.25) is 0 Å². The Kier molecular flexibility index (Phi) is 2.61. The number of carbonyl (C=O) groups is 1. The van der Waals surface area contributed by atoms with E-state index in [-0.39, 0.29) is 5.97 Å². The van der Waals surface area contributed by atoms with Gasteiger partial charge in [0, 0.05) is 0 Å². The summed E-state index contributed by atoms with van der Waals surface area (Å²) >= 11 is 0. The van der Waals surface area contributed by atoms with Crippen LogP contribution in [0.3, 0.4) is 0 Å². The maximum atomic E-state index is 11.3. The number of furan rings is 1. The number of hydrogen-bond acceptors (Lipinski definition) is 3. The van der Waals surface area contributed by atoms with Gasteiger partial charge in [0.05, 0.1) is 24.3 Å². The zero-order valence-electron chi connectivity index (χ0n) is 8.38. The van der Waals surface area contributed by atoms with Crippen molar-refractivity contribution in [3.63, 3.8) is 0 Å². The molecule has 0 amide bonds. The fourth-order valence-corrected chi connectivity index (χ4v) is 2.58. The van der Waals surface area contributed by atoms with Gasteiger partial charge in [0.1, 0.15) is 8.07 Å². The van der Waals surface area contributed by atoms with Crippen molar-refractivity contribution in [1.82, 2.24) is 0 Å². The first-order chi connectivity index (χ1) is 5.96. The minimum Gasteiger partial charge on any atom is -0.474 e. The molecule has 0 spiro atoms. The van der Waals surface area contributed by atoms with Gasteiger partial charge in [0.2, 0.25) is 0 Å². The summed E-state index contributed by atoms with van der Waals surface area (Å²) < 4.78 is 9.97. The second-order valence-corrected chi connectivity index (χ2v) is 8.86. The van der Waals surface area contributed by atoms with Gasteiger partial charge in [-0.15, -0.1) is 0 Å². The third kappa shape index (κ3) is 2.01. The van der Waals surface area contributed by atoms with Gasteiger partial charge in [-0.1, -0.05) is 19.6 Å². The zero-order chi connectivity index (χ0) is 10.1. The number of carbonyl (C=O) groups excluding carboxylic acids is 1. The zero-order valence-corrected chi connectivity index (χ0v) is 9.38. The largest absolute Gasteiger partial charge is 0.474 e. The minimum atomic E-state index is -1.57. The van der Waals surface area contributed by atoms with Crippen LogP contribution >= 0.6 is 0 Å². The number of rotatable bonds is 2. The molecule has 0 N–H and O–H groups in total. The molecule has 0 bridgehead atoms. The molecule has 0 saturated carbocycles. The number of esters is 1. The van der Waals surface area contributed by atoms with E-state index >= 15 is 0 Å². The summed E-state index contributed by atoms with van der Waals surface area (Å²) in [6.07, 6.45) is 1.54. The summed E-state index contributed by atoms with van der Waals surface area (Å²) in [7, 11) is -0.194. The molecule has 0 saturated heterocycles. The molecule has 4 heteroatoms. The molecule has 0 atom stereocenters. The molecule has 0 unspecified atom stereocenters. The van der Waals surface area contributed by atoms with E-state index in [9.17, 15) is 4.79 Å². The summed E-state index contributed by atoms with van der Waals surface area (Å²) in [5, 5.41) is 0.805. The molecular formula is C9H14O3Si. The molecule has 1 rings (SSSR count). The maximum absolute atomic E-state index is 11.3. The molecular weight excluding hydrogens is 184 g/mol. The van der Waals surface area contributed by atoms with Gasteiger partial charge in [0.15, 0.2) is 0 Å². The van der Waals surface area contributed by atoms with Crippen molar-refractivity contribution in [1.29, 1.82) is 0 Å². The highest BCUT2D eigenvalue weighted by Crippen LogP contribution is 2.09. The van der Waals surface area contributed by atoms with Gasteiger partial charge < -0.3 is 9.15 Å². The van der Waals surface area contributed by atoms with Crippen molar-refractivity contribution in [2.75, 3.05) is 7.11 Å². The van der Waals surface area contributed by atoms with Crippen molar-refractivity contribution in [3.05, 3.63) is 17.9 Å². The van der Waals surface area contributed by atoms with E-state index in [0.717, 1.165) is 5.38 Å². The molecule has 1 heterocycles. The van der Waals surface area contributed by atoms with Crippen LogP contribution in [0.5, 0.6) is 0 Å². The quantitative estimate of drug-likeness (QED) is 0.535. The lowest BCUT2D eigenvalue weighted by Gasteiger charge is -2.13. The van der Waals surface area contributed by atoms with Gasteiger partial charge >= 0.3 is 5.97 Å². The number of ether oxygens (including phenoxy) is 1. The van der Waals surface area contributed by atoms with Crippen LogP contribution in [0.15, 0.2) is 16.7 Å². The Morgan fingerprint density at radius 2 is 2.08 bits per heavy atom. The van der Waals surface area contributed by atoms with Gasteiger partial charge in [-0.05, 0) is 6.07 Å². The monoisotopic (exact) mass is 198 g/mol. The van der Waals surface area contributed by atoms with Crippen molar-refractivity contribution in [2.24, 2.45) is 0 Å². The molecule has 1 aromatic rings. The highest BCUT2D eigenvalue weighted by atomic mass is 28.3. The fraction of sp³-hybridized carbons (Fsp3) is 0.444. The first kappa shape index (κ1) is 10.1. The Bertz CT molecular complexity index is 309. The molecule has 0 aliphatic carbocycles. The minimum absolute atomic E-state index is 0.314. The molecule has 0 radical (unpaired) electrons. The molecule has 0 aromatic carbocycles. The predicted octanol–water partition coefficient (Wildman–Crippen LogP) is 1.61. The van der Waals surface area contributed by atoms with Crippen LogP contribution in [-0.4, -0.2) is 21.2 Å². The van der Waals surface area contributed by atoms with Crippen molar-refractivity contribution < 1.29 is 13.9 Å². The van der Waals surface area contributed by atoms with Gasteiger partial charge in [-0.2, -0.15) is 0 Å². The van der Waals surface area contributed by atoms with Crippen LogP contribution in [-0.2, 0) is 4.74 Å². The van der Waals surface area contributed by atoms with Gasteiger partial charge in [0.25, 0.3) is 0 Å². The standard InChI is InChI=1S/C9H14O3Si/c1-11-8(10)7-5-6-12-9(7)13(2,3)4/h5-6H,1-4H3. The van der Waals surface area contributed by atoms with Crippen LogP contribution in [0.1, 0.15) is 10.4 Å². The van der Waals surface area contributed by atoms with E-state index in [0.29, 0.717) is 5.56 Å². The average molecular weight is 198 g/mol. The first-order valence-electron chi connectivity index (χ1n) is 4.13. The van der Waals surface area contributed by atoms with E-state index in [1.165, 1.54) is 7.11 Å². The van der Waals surface area contributed by atoms with E-state index in [1.807, 2.05) is 0 Å². The topological polar surface area (TPSA) is 39.4 Å². The Labute approximate surface area is 78.7 Å². The highest BCUT2D eigenvalue weighted by Gasteiger charge is 2.27. The fourth-order valence-electron chi connectivity index (χ4n) is 1.16. The summed E-state index contributed by atoms with van der Waals surface area (Å²) in [5.41, 5.74) is 0.571. The smallest absolute Gasteiger partial charge is 0.340 e. The Morgan fingerprint density at radius 3 is 2.54 bits per heavy atom. The summed E-state index contributed by atoms with van der Waals surface area (Å²) in [6.45, 7) is 6.37. The second-order valence-electron chi connectivity index (χ2n) is 3.90. The normalized spacial score (nSPS) is 11.4. The molecule has 0 aliphatic heterocycles. The van der Waals surface area contributed by atoms with Crippen LogP contribution in [0.25, 0.3) is 0 Å². The Morgan fingerprint density at radius 1 is 1.46 bits per heavy atom. The SMILES string of the molecule is COC(=O)c1ccoc1[Si](C)(C)C. The summed E-state index contributed by atoms with van der Waals surface area (Å²) in [6, 6.07) is 1.67. The van der Waals surface area contributed by atoms with Crippen LogP contribution < -0.4 is 5.38 Å². The second kappa shape index (κ2) is 3.37. The highest BCUT2D eigenvalue weighted by molar-refractivity contribution is 6.88. The molecule has 0 aliphatic rings. The van der Waals surface area contributed by atoms with E-state index in [1.54, 1.807) is 12.3 Å². The Hall–Kier alpha value is -1.03. The molecule has 72 valence electrons. The van der Waals surface area contributed by atoms with Crippen molar-refractivity contribution >= 4 is 19.4 Å². The van der Waals surface area contributed by atoms with Gasteiger partial charge in [-0.25, -0.2) is 4.79 Å². The van der Waals surface area contributed by atoms with Crippen molar-refractivity contribution in [2.45, 2.75) is 19.6 Å². The van der Waals surface area contributed by atoms with Crippen LogP contribution in [0.2, 0.25) is 19.6 Å². The lowest BCUT2D eigenvalue weighted by Crippen LogP contribution is -2.40. The van der Waals surface area contributed by atoms with E-state index in [4.69, 9.17) is 4.42 Å². The summed E-state index contributed by atoms with van der Waals surface area (Å²) in [4.78, 5) is 11.3. The van der Waals surface area contributed by atoms with Crippen LogP contribution in [0.4, 0.5) is 0 Å². The lowest BCUT2D eigenvalue weighted by atomic mass is 10.3. The van der Waals surface area contributed by atoms with E-state index in [2.05, 4.69) is 24.4 Å². The average Bonchev–Trinajstić information content (AvgIpc) is 2.49. The van der Waals surface area contributed by atoms with Crippen LogP contribution in [0, 0.1) is 0 Å².